The zero-order valence-corrected chi connectivity index (χ0v) is 22.1. The highest BCUT2D eigenvalue weighted by Gasteiger charge is 2.30. The maximum Gasteiger partial charge on any atom is 0.342 e. The summed E-state index contributed by atoms with van der Waals surface area (Å²) in [6.45, 7) is 2.44. The first-order chi connectivity index (χ1) is 18.4. The number of carbonyl (C=O) groups excluding carboxylic acids is 2. The summed E-state index contributed by atoms with van der Waals surface area (Å²) in [6.07, 6.45) is -0.328. The van der Waals surface area contributed by atoms with Gasteiger partial charge in [0.1, 0.15) is 28.5 Å². The molecule has 0 aliphatic carbocycles. The van der Waals surface area contributed by atoms with Crippen LogP contribution < -0.4 is 4.31 Å². The molecular formula is C28H25F2NO7S. The number of furan rings is 1. The van der Waals surface area contributed by atoms with E-state index in [4.69, 9.17) is 9.15 Å². The highest BCUT2D eigenvalue weighted by molar-refractivity contribution is 7.92. The fourth-order valence-electron chi connectivity index (χ4n) is 4.15. The zero-order chi connectivity index (χ0) is 28.5. The van der Waals surface area contributed by atoms with Gasteiger partial charge in [0.05, 0.1) is 31.2 Å². The maximum atomic E-state index is 13.6. The number of sulfonamides is 1. The molecule has 8 nitrogen and oxygen atoms in total. The number of fused-ring (bicyclic) bond motifs is 1. The standard InChI is InChI=1S/C28H25F2NO7S/c1-4-37-28(34)26-22-13-21(16(2)32)23(14-25(22)38-27(26)18-7-11-20(30)12-8-18)31(39(3,35)36)15-24(33)17-5-9-19(29)10-6-17/h5-14,16,32H,4,15H2,1-3H3. The molecule has 0 bridgehead atoms. The summed E-state index contributed by atoms with van der Waals surface area (Å²) in [4.78, 5) is 25.9. The number of halogens is 2. The Morgan fingerprint density at radius 1 is 1.03 bits per heavy atom. The first-order valence-corrected chi connectivity index (χ1v) is 13.7. The van der Waals surface area contributed by atoms with Gasteiger partial charge in [-0.05, 0) is 68.4 Å². The smallest absolute Gasteiger partial charge is 0.342 e. The molecule has 0 spiro atoms. The van der Waals surface area contributed by atoms with E-state index in [2.05, 4.69) is 0 Å². The van der Waals surface area contributed by atoms with Crippen LogP contribution in [0.5, 0.6) is 0 Å². The molecule has 39 heavy (non-hydrogen) atoms. The average Bonchev–Trinajstić information content (AvgIpc) is 3.25. The molecule has 1 N–H and O–H groups in total. The van der Waals surface area contributed by atoms with Crippen molar-refractivity contribution in [3.8, 4) is 11.3 Å². The van der Waals surface area contributed by atoms with E-state index < -0.39 is 46.1 Å². The third-order valence-corrected chi connectivity index (χ3v) is 7.12. The second-order valence-corrected chi connectivity index (χ2v) is 10.7. The van der Waals surface area contributed by atoms with E-state index in [9.17, 15) is 31.9 Å². The highest BCUT2D eigenvalue weighted by atomic mass is 32.2. The number of anilines is 1. The van der Waals surface area contributed by atoms with Gasteiger partial charge in [0.25, 0.3) is 0 Å². The molecule has 4 rings (SSSR count). The van der Waals surface area contributed by atoms with Gasteiger partial charge < -0.3 is 14.3 Å². The Morgan fingerprint density at radius 3 is 2.15 bits per heavy atom. The third-order valence-electron chi connectivity index (χ3n) is 6.00. The van der Waals surface area contributed by atoms with Crippen LogP contribution in [0.3, 0.4) is 0 Å². The Kier molecular flexibility index (Phi) is 7.84. The van der Waals surface area contributed by atoms with Crippen LogP contribution in [0.4, 0.5) is 14.5 Å². The number of Topliss-reactive ketones (excluding diaryl/α,β-unsaturated/α-hetero) is 1. The van der Waals surface area contributed by atoms with Gasteiger partial charge in [-0.3, -0.25) is 9.10 Å². The second kappa shape index (κ2) is 11.0. The molecule has 0 aliphatic rings. The van der Waals surface area contributed by atoms with Gasteiger partial charge in [0.2, 0.25) is 10.0 Å². The van der Waals surface area contributed by atoms with Crippen LogP contribution in [0.1, 0.15) is 46.2 Å². The lowest BCUT2D eigenvalue weighted by Crippen LogP contribution is -2.36. The van der Waals surface area contributed by atoms with Crippen molar-refractivity contribution in [3.63, 3.8) is 0 Å². The Morgan fingerprint density at radius 2 is 1.62 bits per heavy atom. The molecule has 0 saturated carbocycles. The summed E-state index contributed by atoms with van der Waals surface area (Å²) in [5.41, 5.74) is 0.579. The van der Waals surface area contributed by atoms with Crippen molar-refractivity contribution in [2.75, 3.05) is 23.7 Å². The van der Waals surface area contributed by atoms with Crippen molar-refractivity contribution in [1.82, 2.24) is 0 Å². The van der Waals surface area contributed by atoms with E-state index in [1.165, 1.54) is 55.5 Å². The molecule has 1 heterocycles. The number of hydrogen-bond acceptors (Lipinski definition) is 7. The van der Waals surface area contributed by atoms with Crippen LogP contribution in [0.2, 0.25) is 0 Å². The summed E-state index contributed by atoms with van der Waals surface area (Å²) in [7, 11) is -4.09. The van der Waals surface area contributed by atoms with Gasteiger partial charge in [-0.1, -0.05) is 0 Å². The van der Waals surface area contributed by atoms with Crippen LogP contribution >= 0.6 is 0 Å². The van der Waals surface area contributed by atoms with Crippen molar-refractivity contribution in [2.45, 2.75) is 20.0 Å². The van der Waals surface area contributed by atoms with Gasteiger partial charge in [-0.15, -0.1) is 0 Å². The van der Waals surface area contributed by atoms with Gasteiger partial charge >= 0.3 is 5.97 Å². The SMILES string of the molecule is CCOC(=O)c1c(-c2ccc(F)cc2)oc2cc(N(CC(=O)c3ccc(F)cc3)S(C)(=O)=O)c(C(C)O)cc12. The minimum absolute atomic E-state index is 0.0141. The molecular weight excluding hydrogens is 532 g/mol. The second-order valence-electron chi connectivity index (χ2n) is 8.82. The number of aliphatic hydroxyl groups is 1. The number of benzene rings is 3. The Bertz CT molecular complexity index is 1640. The number of hydrogen-bond donors (Lipinski definition) is 1. The first kappa shape index (κ1) is 27.9. The van der Waals surface area contributed by atoms with Crippen LogP contribution in [-0.4, -0.2) is 44.7 Å². The van der Waals surface area contributed by atoms with E-state index in [-0.39, 0.29) is 45.7 Å². The summed E-state index contributed by atoms with van der Waals surface area (Å²) in [5, 5.41) is 10.8. The molecule has 0 radical (unpaired) electrons. The molecule has 1 unspecified atom stereocenters. The number of ether oxygens (including phenoxy) is 1. The number of esters is 1. The quantitative estimate of drug-likeness (QED) is 0.221. The lowest BCUT2D eigenvalue weighted by molar-refractivity contribution is 0.0528. The van der Waals surface area contributed by atoms with E-state index in [0.717, 1.165) is 22.7 Å². The summed E-state index contributed by atoms with van der Waals surface area (Å²) < 4.78 is 64.7. The maximum absolute atomic E-state index is 13.6. The Labute approximate surface area is 223 Å². The lowest BCUT2D eigenvalue weighted by atomic mass is 10.0. The molecule has 4 aromatic rings. The van der Waals surface area contributed by atoms with Gasteiger partial charge in [-0.25, -0.2) is 22.0 Å². The fourth-order valence-corrected chi connectivity index (χ4v) is 5.02. The first-order valence-electron chi connectivity index (χ1n) is 11.9. The Hall–Kier alpha value is -4.09. The average molecular weight is 558 g/mol. The molecule has 1 aromatic heterocycles. The molecule has 0 saturated heterocycles. The van der Waals surface area contributed by atoms with Gasteiger partial charge in [0, 0.05) is 28.1 Å². The largest absolute Gasteiger partial charge is 0.462 e. The van der Waals surface area contributed by atoms with Crippen molar-refractivity contribution < 1.29 is 41.0 Å². The minimum atomic E-state index is -4.09. The Balaban J connectivity index is 1.93. The highest BCUT2D eigenvalue weighted by Crippen LogP contribution is 2.40. The van der Waals surface area contributed by atoms with E-state index in [1.807, 2.05) is 0 Å². The van der Waals surface area contributed by atoms with Crippen LogP contribution in [0, 0.1) is 11.6 Å². The summed E-state index contributed by atoms with van der Waals surface area (Å²) >= 11 is 0. The number of ketones is 1. The predicted molar refractivity (Wildman–Crippen MR) is 141 cm³/mol. The third kappa shape index (κ3) is 5.84. The predicted octanol–water partition coefficient (Wildman–Crippen LogP) is 5.26. The molecule has 0 aliphatic heterocycles. The van der Waals surface area contributed by atoms with Gasteiger partial charge in [0.15, 0.2) is 5.78 Å². The molecule has 3 aromatic carbocycles. The number of rotatable bonds is 9. The van der Waals surface area contributed by atoms with Gasteiger partial charge in [-0.2, -0.15) is 0 Å². The molecule has 204 valence electrons. The van der Waals surface area contributed by atoms with Crippen molar-refractivity contribution in [2.24, 2.45) is 0 Å². The summed E-state index contributed by atoms with van der Waals surface area (Å²) in [6, 6.07) is 12.6. The van der Waals surface area contributed by atoms with Crippen LogP contribution in [0.15, 0.2) is 65.1 Å². The molecule has 0 amide bonds. The van der Waals surface area contributed by atoms with Crippen molar-refractivity contribution >= 4 is 38.4 Å². The monoisotopic (exact) mass is 557 g/mol. The number of carbonyl (C=O) groups is 2. The van der Waals surface area contributed by atoms with Crippen molar-refractivity contribution in [1.29, 1.82) is 0 Å². The lowest BCUT2D eigenvalue weighted by Gasteiger charge is -2.25. The molecule has 1 atom stereocenters. The molecule has 0 fully saturated rings. The normalized spacial score (nSPS) is 12.4. The van der Waals surface area contributed by atoms with Crippen molar-refractivity contribution in [3.05, 3.63) is 89.0 Å². The van der Waals surface area contributed by atoms with E-state index >= 15 is 0 Å². The van der Waals surface area contributed by atoms with Crippen LogP contribution in [-0.2, 0) is 14.8 Å². The zero-order valence-electron chi connectivity index (χ0n) is 21.3. The number of nitrogens with zero attached hydrogens (tertiary/aromatic N) is 1. The minimum Gasteiger partial charge on any atom is -0.462 e. The topological polar surface area (TPSA) is 114 Å². The van der Waals surface area contributed by atoms with E-state index in [1.54, 1.807) is 6.92 Å². The fraction of sp³-hybridized carbons (Fsp3) is 0.214. The molecule has 11 heteroatoms. The number of aliphatic hydroxyl groups excluding tert-OH is 1. The summed E-state index contributed by atoms with van der Waals surface area (Å²) in [5.74, 6) is -2.34. The van der Waals surface area contributed by atoms with E-state index in [0.29, 0.717) is 5.56 Å². The van der Waals surface area contributed by atoms with Crippen LogP contribution in [0.25, 0.3) is 22.3 Å².